The third-order valence-electron chi connectivity index (χ3n) is 4.40. The lowest BCUT2D eigenvalue weighted by molar-refractivity contribution is 0.167. The Hall–Kier alpha value is -1.54. The fourth-order valence-corrected chi connectivity index (χ4v) is 2.96. The molecule has 1 aliphatic rings. The Labute approximate surface area is 114 Å². The van der Waals surface area contributed by atoms with Crippen molar-refractivity contribution >= 4 is 10.8 Å². The number of fused-ring (bicyclic) bond motifs is 1. The van der Waals surface area contributed by atoms with Crippen LogP contribution in [0.4, 0.5) is 0 Å². The number of nitrogens with two attached hydrogens (primary N) is 1. The Balaban J connectivity index is 1.90. The molecule has 0 aliphatic heterocycles. The molecule has 2 atom stereocenters. The first-order valence-corrected chi connectivity index (χ1v) is 6.98. The Morgan fingerprint density at radius 2 is 1.84 bits per heavy atom. The maximum atomic E-state index is 6.32. The van der Waals surface area contributed by atoms with Crippen LogP contribution in [-0.4, -0.2) is 12.1 Å². The van der Waals surface area contributed by atoms with Gasteiger partial charge in [0.25, 0.3) is 0 Å². The van der Waals surface area contributed by atoms with Gasteiger partial charge in [-0.3, -0.25) is 0 Å². The minimum atomic E-state index is 0.103. The molecule has 0 aromatic heterocycles. The Bertz CT molecular complexity index is 585. The van der Waals surface area contributed by atoms with Crippen molar-refractivity contribution in [1.29, 1.82) is 0 Å². The van der Waals surface area contributed by atoms with E-state index in [1.807, 2.05) is 18.2 Å². The first-order valence-electron chi connectivity index (χ1n) is 6.98. The van der Waals surface area contributed by atoms with Crippen molar-refractivity contribution in [2.45, 2.75) is 38.8 Å². The van der Waals surface area contributed by atoms with E-state index in [0.717, 1.165) is 18.6 Å². The van der Waals surface area contributed by atoms with Gasteiger partial charge in [0.15, 0.2) is 0 Å². The summed E-state index contributed by atoms with van der Waals surface area (Å²) in [6.45, 7) is 4.45. The van der Waals surface area contributed by atoms with Crippen LogP contribution in [0.1, 0.15) is 26.7 Å². The molecule has 1 saturated carbocycles. The number of ether oxygens (including phenoxy) is 1. The van der Waals surface area contributed by atoms with Crippen molar-refractivity contribution in [1.82, 2.24) is 0 Å². The van der Waals surface area contributed by atoms with Gasteiger partial charge in [-0.05, 0) is 29.7 Å². The lowest BCUT2D eigenvalue weighted by Crippen LogP contribution is -2.42. The highest BCUT2D eigenvalue weighted by atomic mass is 16.5. The highest BCUT2D eigenvalue weighted by Gasteiger charge is 2.40. The average molecular weight is 255 g/mol. The van der Waals surface area contributed by atoms with Gasteiger partial charge in [0, 0.05) is 11.4 Å². The first kappa shape index (κ1) is 12.5. The smallest absolute Gasteiger partial charge is 0.127 e. The molecule has 2 aromatic carbocycles. The summed E-state index contributed by atoms with van der Waals surface area (Å²) < 4.78 is 6.21. The topological polar surface area (TPSA) is 35.2 Å². The summed E-state index contributed by atoms with van der Waals surface area (Å²) in [5.74, 6) is 0.955. The molecule has 100 valence electrons. The summed E-state index contributed by atoms with van der Waals surface area (Å²) >= 11 is 0. The van der Waals surface area contributed by atoms with Crippen molar-refractivity contribution in [3.63, 3.8) is 0 Å². The van der Waals surface area contributed by atoms with Crippen molar-refractivity contribution < 1.29 is 4.74 Å². The molecule has 2 aromatic rings. The van der Waals surface area contributed by atoms with Crippen molar-refractivity contribution in [2.24, 2.45) is 11.1 Å². The molecule has 3 rings (SSSR count). The summed E-state index contributed by atoms with van der Waals surface area (Å²) in [4.78, 5) is 0. The second-order valence-electron chi connectivity index (χ2n) is 6.19. The van der Waals surface area contributed by atoms with Gasteiger partial charge in [0.2, 0.25) is 0 Å². The predicted octanol–water partition coefficient (Wildman–Crippen LogP) is 3.73. The SMILES string of the molecule is CC1(C)CCC(Oc2cccc3ccccc23)C1N. The molecular formula is C17H21NO. The molecule has 0 heterocycles. The van der Waals surface area contributed by atoms with Crippen LogP contribution >= 0.6 is 0 Å². The van der Waals surface area contributed by atoms with Crippen LogP contribution in [0.15, 0.2) is 42.5 Å². The molecule has 2 N–H and O–H groups in total. The molecule has 0 spiro atoms. The largest absolute Gasteiger partial charge is 0.488 e. The van der Waals surface area contributed by atoms with E-state index in [9.17, 15) is 0 Å². The number of hydrogen-bond donors (Lipinski definition) is 1. The lowest BCUT2D eigenvalue weighted by Gasteiger charge is -2.27. The average Bonchev–Trinajstić information content (AvgIpc) is 2.66. The van der Waals surface area contributed by atoms with Crippen molar-refractivity contribution in [3.05, 3.63) is 42.5 Å². The summed E-state index contributed by atoms with van der Waals surface area (Å²) in [6, 6.07) is 14.6. The van der Waals surface area contributed by atoms with Crippen LogP contribution in [0.5, 0.6) is 5.75 Å². The summed E-state index contributed by atoms with van der Waals surface area (Å²) in [5.41, 5.74) is 6.50. The van der Waals surface area contributed by atoms with Gasteiger partial charge < -0.3 is 10.5 Å². The summed E-state index contributed by atoms with van der Waals surface area (Å²) in [6.07, 6.45) is 2.29. The second kappa shape index (κ2) is 4.53. The number of hydrogen-bond acceptors (Lipinski definition) is 2. The maximum absolute atomic E-state index is 6.32. The molecule has 2 nitrogen and oxygen atoms in total. The lowest BCUT2D eigenvalue weighted by atomic mass is 9.88. The van der Waals surface area contributed by atoms with Crippen LogP contribution in [0, 0.1) is 5.41 Å². The number of benzene rings is 2. The minimum Gasteiger partial charge on any atom is -0.488 e. The van der Waals surface area contributed by atoms with Gasteiger partial charge >= 0.3 is 0 Å². The first-order chi connectivity index (χ1) is 9.08. The summed E-state index contributed by atoms with van der Waals surface area (Å²) in [7, 11) is 0. The van der Waals surface area contributed by atoms with E-state index in [1.165, 1.54) is 10.8 Å². The quantitative estimate of drug-likeness (QED) is 0.887. The van der Waals surface area contributed by atoms with E-state index in [1.54, 1.807) is 0 Å². The van der Waals surface area contributed by atoms with Crippen LogP contribution in [0.25, 0.3) is 10.8 Å². The zero-order valence-electron chi connectivity index (χ0n) is 11.6. The second-order valence-corrected chi connectivity index (χ2v) is 6.19. The van der Waals surface area contributed by atoms with E-state index >= 15 is 0 Å². The molecule has 19 heavy (non-hydrogen) atoms. The fourth-order valence-electron chi connectivity index (χ4n) is 2.96. The van der Waals surface area contributed by atoms with Gasteiger partial charge in [-0.15, -0.1) is 0 Å². The van der Waals surface area contributed by atoms with Crippen LogP contribution in [0.3, 0.4) is 0 Å². The van der Waals surface area contributed by atoms with Gasteiger partial charge in [-0.2, -0.15) is 0 Å². The highest BCUT2D eigenvalue weighted by molar-refractivity contribution is 5.88. The van der Waals surface area contributed by atoms with Gasteiger partial charge in [-0.1, -0.05) is 50.2 Å². The molecule has 0 amide bonds. The van der Waals surface area contributed by atoms with Crippen molar-refractivity contribution in [3.8, 4) is 5.75 Å². The van der Waals surface area contributed by atoms with E-state index in [-0.39, 0.29) is 17.6 Å². The Morgan fingerprint density at radius 1 is 1.11 bits per heavy atom. The third-order valence-corrected chi connectivity index (χ3v) is 4.40. The maximum Gasteiger partial charge on any atom is 0.127 e. The fraction of sp³-hybridized carbons (Fsp3) is 0.412. The van der Waals surface area contributed by atoms with Crippen LogP contribution in [0.2, 0.25) is 0 Å². The molecule has 1 aliphatic carbocycles. The van der Waals surface area contributed by atoms with E-state index in [4.69, 9.17) is 10.5 Å². The molecule has 0 bridgehead atoms. The van der Waals surface area contributed by atoms with Crippen LogP contribution < -0.4 is 10.5 Å². The van der Waals surface area contributed by atoms with Crippen LogP contribution in [-0.2, 0) is 0 Å². The Morgan fingerprint density at radius 3 is 2.58 bits per heavy atom. The molecule has 1 fully saturated rings. The predicted molar refractivity (Wildman–Crippen MR) is 79.4 cm³/mol. The monoisotopic (exact) mass is 255 g/mol. The summed E-state index contributed by atoms with van der Waals surface area (Å²) in [5, 5.41) is 2.38. The molecular weight excluding hydrogens is 234 g/mol. The van der Waals surface area contributed by atoms with E-state index in [2.05, 4.69) is 38.1 Å². The highest BCUT2D eigenvalue weighted by Crippen LogP contribution is 2.39. The van der Waals surface area contributed by atoms with Gasteiger partial charge in [0.1, 0.15) is 11.9 Å². The Kier molecular flexibility index (Phi) is 2.98. The van der Waals surface area contributed by atoms with Gasteiger partial charge in [-0.25, -0.2) is 0 Å². The number of rotatable bonds is 2. The molecule has 0 saturated heterocycles. The van der Waals surface area contributed by atoms with Crippen molar-refractivity contribution in [2.75, 3.05) is 0 Å². The molecule has 0 radical (unpaired) electrons. The zero-order valence-corrected chi connectivity index (χ0v) is 11.6. The van der Waals surface area contributed by atoms with Gasteiger partial charge in [0.05, 0.1) is 0 Å². The molecule has 2 heteroatoms. The van der Waals surface area contributed by atoms with E-state index < -0.39 is 0 Å². The van der Waals surface area contributed by atoms with E-state index in [0.29, 0.717) is 0 Å². The standard InChI is InChI=1S/C17H21NO/c1-17(2)11-10-15(16(17)18)19-14-9-5-7-12-6-3-4-8-13(12)14/h3-9,15-16H,10-11,18H2,1-2H3. The normalized spacial score (nSPS) is 25.6. The minimum absolute atomic E-state index is 0.103. The molecule has 2 unspecified atom stereocenters. The zero-order chi connectivity index (χ0) is 13.5. The third kappa shape index (κ3) is 2.21.